The molecule has 0 aliphatic rings. The first-order valence-electron chi connectivity index (χ1n) is 12.2. The van der Waals surface area contributed by atoms with Crippen molar-refractivity contribution in [2.75, 3.05) is 10.8 Å². The number of nitrogens with zero attached hydrogens (tertiary/aromatic N) is 2. The third kappa shape index (κ3) is 7.28. The predicted molar refractivity (Wildman–Crippen MR) is 152 cm³/mol. The van der Waals surface area contributed by atoms with Gasteiger partial charge in [0.25, 0.3) is 10.0 Å². The molecule has 0 aliphatic carbocycles. The van der Waals surface area contributed by atoms with Crippen molar-refractivity contribution in [2.24, 2.45) is 0 Å². The zero-order valence-corrected chi connectivity index (χ0v) is 23.8. The Bertz CT molecular complexity index is 1360. The van der Waals surface area contributed by atoms with E-state index in [1.54, 1.807) is 25.1 Å². The van der Waals surface area contributed by atoms with Gasteiger partial charge in [0, 0.05) is 17.6 Å². The quantitative estimate of drug-likeness (QED) is 0.326. The first-order valence-corrected chi connectivity index (χ1v) is 14.4. The fraction of sp³-hybridized carbons (Fsp3) is 0.286. The van der Waals surface area contributed by atoms with E-state index in [4.69, 9.17) is 23.2 Å². The van der Waals surface area contributed by atoms with Crippen molar-refractivity contribution in [3.05, 3.63) is 94.5 Å². The number of carbonyl (C=O) groups is 2. The molecular formula is C28H31Cl2N3O4S. The van der Waals surface area contributed by atoms with Crippen LogP contribution in [0.1, 0.15) is 32.8 Å². The number of anilines is 1. The van der Waals surface area contributed by atoms with Gasteiger partial charge >= 0.3 is 0 Å². The van der Waals surface area contributed by atoms with Gasteiger partial charge in [-0.1, -0.05) is 78.7 Å². The minimum atomic E-state index is -4.22. The third-order valence-corrected chi connectivity index (χ3v) is 8.48. The molecule has 2 unspecified atom stereocenters. The van der Waals surface area contributed by atoms with Crippen LogP contribution in [0.15, 0.2) is 83.8 Å². The van der Waals surface area contributed by atoms with Crippen molar-refractivity contribution < 1.29 is 18.0 Å². The molecular weight excluding hydrogens is 545 g/mol. The zero-order valence-electron chi connectivity index (χ0n) is 21.5. The second kappa shape index (κ2) is 13.1. The topological polar surface area (TPSA) is 86.8 Å². The Balaban J connectivity index is 2.04. The van der Waals surface area contributed by atoms with Crippen LogP contribution < -0.4 is 9.62 Å². The van der Waals surface area contributed by atoms with Crippen LogP contribution in [0.5, 0.6) is 0 Å². The van der Waals surface area contributed by atoms with Gasteiger partial charge in [-0.05, 0) is 56.2 Å². The SMILES string of the molecule is CCC(C)NC(=O)C(C)N(Cc1ccccc1)C(=O)CN(c1cc(Cl)ccc1Cl)S(=O)(=O)c1ccccc1. The number of amides is 2. The summed E-state index contributed by atoms with van der Waals surface area (Å²) in [4.78, 5) is 28.3. The number of carbonyl (C=O) groups excluding carboxylic acids is 2. The highest BCUT2D eigenvalue weighted by molar-refractivity contribution is 7.92. The van der Waals surface area contributed by atoms with Gasteiger partial charge in [-0.2, -0.15) is 0 Å². The minimum absolute atomic E-state index is 0.0130. The second-order valence-electron chi connectivity index (χ2n) is 8.92. The molecule has 0 radical (unpaired) electrons. The molecule has 38 heavy (non-hydrogen) atoms. The van der Waals surface area contributed by atoms with Crippen LogP contribution in [0, 0.1) is 0 Å². The molecule has 0 bridgehead atoms. The van der Waals surface area contributed by atoms with E-state index in [2.05, 4.69) is 5.32 Å². The maximum atomic E-state index is 13.9. The van der Waals surface area contributed by atoms with Crippen LogP contribution in [0.2, 0.25) is 10.0 Å². The number of halogens is 2. The molecule has 2 amide bonds. The van der Waals surface area contributed by atoms with E-state index in [9.17, 15) is 18.0 Å². The average Bonchev–Trinajstić information content (AvgIpc) is 2.92. The van der Waals surface area contributed by atoms with E-state index in [1.165, 1.54) is 35.2 Å². The van der Waals surface area contributed by atoms with Crippen LogP contribution in [0.25, 0.3) is 0 Å². The molecule has 3 aromatic rings. The van der Waals surface area contributed by atoms with Crippen LogP contribution in [-0.2, 0) is 26.2 Å². The van der Waals surface area contributed by atoms with Crippen molar-refractivity contribution in [3.8, 4) is 0 Å². The minimum Gasteiger partial charge on any atom is -0.352 e. The van der Waals surface area contributed by atoms with Crippen LogP contribution in [0.3, 0.4) is 0 Å². The summed E-state index contributed by atoms with van der Waals surface area (Å²) < 4.78 is 28.5. The summed E-state index contributed by atoms with van der Waals surface area (Å²) in [5.74, 6) is -0.905. The summed E-state index contributed by atoms with van der Waals surface area (Å²) in [5.41, 5.74) is 0.857. The Hall–Kier alpha value is -3.07. The van der Waals surface area contributed by atoms with Crippen LogP contribution in [-0.4, -0.2) is 43.8 Å². The third-order valence-electron chi connectivity index (χ3n) is 6.15. The molecule has 3 rings (SSSR count). The average molecular weight is 577 g/mol. The summed E-state index contributed by atoms with van der Waals surface area (Å²) in [5, 5.41) is 3.27. The maximum absolute atomic E-state index is 13.9. The van der Waals surface area contributed by atoms with E-state index >= 15 is 0 Å². The summed E-state index contributed by atoms with van der Waals surface area (Å²) in [6, 6.07) is 20.4. The summed E-state index contributed by atoms with van der Waals surface area (Å²) in [6.07, 6.45) is 0.724. The van der Waals surface area contributed by atoms with E-state index in [0.717, 1.165) is 16.3 Å². The number of sulfonamides is 1. The van der Waals surface area contributed by atoms with Gasteiger partial charge in [-0.15, -0.1) is 0 Å². The first kappa shape index (κ1) is 29.5. The Morgan fingerprint density at radius 1 is 0.921 bits per heavy atom. The zero-order chi connectivity index (χ0) is 27.9. The Labute approximate surface area is 234 Å². The monoisotopic (exact) mass is 575 g/mol. The Morgan fingerprint density at radius 2 is 1.53 bits per heavy atom. The molecule has 202 valence electrons. The number of nitrogens with one attached hydrogen (secondary N) is 1. The normalized spacial score (nSPS) is 12.9. The van der Waals surface area contributed by atoms with Crippen molar-refractivity contribution >= 4 is 50.7 Å². The van der Waals surface area contributed by atoms with Gasteiger partial charge in [-0.3, -0.25) is 13.9 Å². The number of hydrogen-bond donors (Lipinski definition) is 1. The summed E-state index contributed by atoms with van der Waals surface area (Å²) >= 11 is 12.6. The van der Waals surface area contributed by atoms with Crippen molar-refractivity contribution in [3.63, 3.8) is 0 Å². The molecule has 0 heterocycles. The molecule has 0 spiro atoms. The van der Waals surface area contributed by atoms with Gasteiger partial charge in [0.2, 0.25) is 11.8 Å². The van der Waals surface area contributed by atoms with Crippen molar-refractivity contribution in [2.45, 2.75) is 50.7 Å². The van der Waals surface area contributed by atoms with E-state index in [-0.39, 0.29) is 39.1 Å². The lowest BCUT2D eigenvalue weighted by Gasteiger charge is -2.32. The molecule has 10 heteroatoms. The lowest BCUT2D eigenvalue weighted by atomic mass is 10.1. The molecule has 0 aromatic heterocycles. The van der Waals surface area contributed by atoms with E-state index < -0.39 is 28.5 Å². The number of rotatable bonds is 11. The van der Waals surface area contributed by atoms with Gasteiger partial charge in [0.15, 0.2) is 0 Å². The molecule has 0 saturated carbocycles. The van der Waals surface area contributed by atoms with Crippen molar-refractivity contribution in [1.29, 1.82) is 0 Å². The van der Waals surface area contributed by atoms with Crippen LogP contribution >= 0.6 is 23.2 Å². The van der Waals surface area contributed by atoms with Crippen molar-refractivity contribution in [1.82, 2.24) is 10.2 Å². The first-order chi connectivity index (χ1) is 18.0. The van der Waals surface area contributed by atoms with Gasteiger partial charge in [-0.25, -0.2) is 8.42 Å². The molecule has 0 fully saturated rings. The highest BCUT2D eigenvalue weighted by Crippen LogP contribution is 2.33. The summed E-state index contributed by atoms with van der Waals surface area (Å²) in [7, 11) is -4.22. The van der Waals surface area contributed by atoms with E-state index in [0.29, 0.717) is 0 Å². The molecule has 1 N–H and O–H groups in total. The number of hydrogen-bond acceptors (Lipinski definition) is 4. The number of benzene rings is 3. The standard InChI is InChI=1S/C28H31Cl2N3O4S/c1-4-20(2)31-28(35)21(3)32(18-22-11-7-5-8-12-22)27(34)19-33(26-17-23(29)15-16-25(26)30)38(36,37)24-13-9-6-10-14-24/h5-17,20-21H,4,18-19H2,1-3H3,(H,31,35). The predicted octanol–water partition coefficient (Wildman–Crippen LogP) is 5.52. The largest absolute Gasteiger partial charge is 0.352 e. The highest BCUT2D eigenvalue weighted by atomic mass is 35.5. The van der Waals surface area contributed by atoms with Gasteiger partial charge in [0.05, 0.1) is 15.6 Å². The van der Waals surface area contributed by atoms with Gasteiger partial charge < -0.3 is 10.2 Å². The van der Waals surface area contributed by atoms with Gasteiger partial charge in [0.1, 0.15) is 12.6 Å². The highest BCUT2D eigenvalue weighted by Gasteiger charge is 2.33. The second-order valence-corrected chi connectivity index (χ2v) is 11.6. The molecule has 2 atom stereocenters. The molecule has 0 saturated heterocycles. The Morgan fingerprint density at radius 3 is 2.13 bits per heavy atom. The molecule has 0 aliphatic heterocycles. The Kier molecular flexibility index (Phi) is 10.2. The lowest BCUT2D eigenvalue weighted by molar-refractivity contribution is -0.139. The molecule has 3 aromatic carbocycles. The molecule has 7 nitrogen and oxygen atoms in total. The fourth-order valence-electron chi connectivity index (χ4n) is 3.74. The van der Waals surface area contributed by atoms with E-state index in [1.807, 2.05) is 44.2 Å². The fourth-order valence-corrected chi connectivity index (χ4v) is 5.62. The lowest BCUT2D eigenvalue weighted by Crippen LogP contribution is -2.52. The van der Waals surface area contributed by atoms with Crippen LogP contribution in [0.4, 0.5) is 5.69 Å². The maximum Gasteiger partial charge on any atom is 0.264 e. The summed E-state index contributed by atoms with van der Waals surface area (Å²) in [6.45, 7) is 4.97. The smallest absolute Gasteiger partial charge is 0.264 e.